The van der Waals surface area contributed by atoms with Crippen LogP contribution in [0.15, 0.2) is 36.7 Å². The van der Waals surface area contributed by atoms with E-state index >= 15 is 0 Å². The van der Waals surface area contributed by atoms with Gasteiger partial charge in [0.05, 0.1) is 17.5 Å². The van der Waals surface area contributed by atoms with E-state index in [1.807, 2.05) is 17.7 Å². The number of benzene rings is 2. The number of fused-ring (bicyclic) bond motifs is 3. The molecule has 1 aliphatic carbocycles. The van der Waals surface area contributed by atoms with Crippen LogP contribution in [0, 0.1) is 12.3 Å². The number of thiophene rings is 1. The molecule has 0 atom stereocenters. The Kier molecular flexibility index (Phi) is 4.59. The van der Waals surface area contributed by atoms with Crippen molar-refractivity contribution >= 4 is 32.3 Å². The lowest BCUT2D eigenvalue weighted by molar-refractivity contribution is -0.662. The fourth-order valence-corrected chi connectivity index (χ4v) is 7.44. The first-order valence-electron chi connectivity index (χ1n) is 12.1. The summed E-state index contributed by atoms with van der Waals surface area (Å²) in [5, 5.41) is 3.75. The van der Waals surface area contributed by atoms with Gasteiger partial charge in [-0.1, -0.05) is 62.3 Å². The predicted molar refractivity (Wildman–Crippen MR) is 133 cm³/mol. The van der Waals surface area contributed by atoms with Crippen molar-refractivity contribution in [3.8, 4) is 22.8 Å². The lowest BCUT2D eigenvalue weighted by Gasteiger charge is -2.39. The molecule has 4 aromatic rings. The van der Waals surface area contributed by atoms with Crippen LogP contribution in [0.5, 0.6) is 11.5 Å². The third kappa shape index (κ3) is 2.78. The van der Waals surface area contributed by atoms with Gasteiger partial charge in [-0.3, -0.25) is 0 Å². The highest BCUT2D eigenvalue weighted by Gasteiger charge is 2.38. The van der Waals surface area contributed by atoms with Crippen LogP contribution in [-0.2, 0) is 7.05 Å². The number of aryl methyl sites for hydroxylation is 2. The summed E-state index contributed by atoms with van der Waals surface area (Å²) in [4.78, 5) is 7.36. The number of rotatable bonds is 3. The highest BCUT2D eigenvalue weighted by Crippen LogP contribution is 2.56. The fourth-order valence-electron chi connectivity index (χ4n) is 6.20. The van der Waals surface area contributed by atoms with Gasteiger partial charge in [-0.15, -0.1) is 0 Å². The van der Waals surface area contributed by atoms with Gasteiger partial charge in [0.25, 0.3) is 6.33 Å². The molecule has 6 rings (SSSR count). The maximum absolute atomic E-state index is 6.78. The number of hydrogen-bond acceptors (Lipinski definition) is 3. The summed E-state index contributed by atoms with van der Waals surface area (Å²) in [5.74, 6) is 2.65. The van der Waals surface area contributed by atoms with Gasteiger partial charge in [0.1, 0.15) is 11.1 Å². The first-order valence-corrected chi connectivity index (χ1v) is 12.9. The number of nitrogens with zero attached hydrogens (tertiary/aromatic N) is 2. The molecule has 2 aromatic carbocycles. The molecule has 0 N–H and O–H groups in total. The molecule has 0 spiro atoms. The summed E-state index contributed by atoms with van der Waals surface area (Å²) >= 11 is 1.86. The van der Waals surface area contributed by atoms with Crippen molar-refractivity contribution in [3.05, 3.63) is 47.1 Å². The molecule has 0 unspecified atom stereocenters. The molecule has 3 heterocycles. The fraction of sp³-hybridized carbons (Fsp3) is 0.429. The van der Waals surface area contributed by atoms with E-state index in [0.29, 0.717) is 11.3 Å². The Morgan fingerprint density at radius 3 is 2.66 bits per heavy atom. The van der Waals surface area contributed by atoms with Crippen molar-refractivity contribution in [3.63, 3.8) is 0 Å². The Morgan fingerprint density at radius 2 is 1.91 bits per heavy atom. The van der Waals surface area contributed by atoms with E-state index in [0.717, 1.165) is 16.3 Å². The largest absolute Gasteiger partial charge is 0.454 e. The molecule has 0 bridgehead atoms. The Morgan fingerprint density at radius 1 is 1.16 bits per heavy atom. The molecule has 2 aliphatic rings. The first-order chi connectivity index (χ1) is 15.5. The minimum atomic E-state index is 0.545. The van der Waals surface area contributed by atoms with Crippen LogP contribution in [0.4, 0.5) is 0 Å². The number of aromatic nitrogens is 2. The molecule has 1 fully saturated rings. The molecule has 0 radical (unpaired) electrons. The second-order valence-corrected chi connectivity index (χ2v) is 10.9. The standard InChI is InChI=1S/C28H31N2OS/c1-5-28(6-2)13-11-18(12-14-28)26-25-23-24(30(4)16-29-27(23)32-26)22-17(3)20-10-8-7-9-19(20)15-21(22)31-25/h7-10,15-16,18H,5-6,11-14H2,1-4H3/q+1. The summed E-state index contributed by atoms with van der Waals surface area (Å²) in [5.41, 5.74) is 4.30. The zero-order chi connectivity index (χ0) is 22.0. The van der Waals surface area contributed by atoms with Gasteiger partial charge in [-0.2, -0.15) is 0 Å². The normalized spacial score (nSPS) is 17.5. The molecule has 0 amide bonds. The van der Waals surface area contributed by atoms with Crippen LogP contribution in [0.1, 0.15) is 68.7 Å². The Hall–Kier alpha value is -2.46. The van der Waals surface area contributed by atoms with E-state index in [1.54, 1.807) is 0 Å². The summed E-state index contributed by atoms with van der Waals surface area (Å²) in [6.45, 7) is 6.97. The lowest BCUT2D eigenvalue weighted by Crippen LogP contribution is -2.32. The van der Waals surface area contributed by atoms with Crippen molar-refractivity contribution in [2.45, 2.75) is 65.2 Å². The van der Waals surface area contributed by atoms with Crippen molar-refractivity contribution in [1.82, 2.24) is 4.98 Å². The highest BCUT2D eigenvalue weighted by molar-refractivity contribution is 7.19. The molecule has 164 valence electrons. The summed E-state index contributed by atoms with van der Waals surface area (Å²) in [6.07, 6.45) is 9.75. The molecule has 3 nitrogen and oxygen atoms in total. The maximum Gasteiger partial charge on any atom is 0.288 e. The van der Waals surface area contributed by atoms with Gasteiger partial charge in [0.2, 0.25) is 4.83 Å². The van der Waals surface area contributed by atoms with Gasteiger partial charge in [0, 0.05) is 0 Å². The Bertz CT molecular complexity index is 1360. The van der Waals surface area contributed by atoms with Crippen molar-refractivity contribution in [2.75, 3.05) is 0 Å². The van der Waals surface area contributed by atoms with Gasteiger partial charge in [-0.05, 0) is 71.3 Å². The second kappa shape index (κ2) is 7.28. The highest BCUT2D eigenvalue weighted by atomic mass is 32.1. The zero-order valence-corrected chi connectivity index (χ0v) is 20.3. The Labute approximate surface area is 194 Å². The summed E-state index contributed by atoms with van der Waals surface area (Å²) in [7, 11) is 2.12. The molecular weight excluding hydrogens is 412 g/mol. The smallest absolute Gasteiger partial charge is 0.288 e. The molecule has 4 heteroatoms. The van der Waals surface area contributed by atoms with Crippen LogP contribution < -0.4 is 9.30 Å². The van der Waals surface area contributed by atoms with Crippen LogP contribution in [-0.4, -0.2) is 4.98 Å². The second-order valence-electron chi connectivity index (χ2n) is 9.86. The minimum Gasteiger partial charge on any atom is -0.454 e. The lowest BCUT2D eigenvalue weighted by atomic mass is 9.67. The SMILES string of the molecule is CCC1(CC)CCC(c2sc3nc[n+](C)c4c3c2Oc2cc3ccccc3c(C)c2-4)CC1. The molecular formula is C28H31N2OS+. The molecule has 1 aliphatic heterocycles. The van der Waals surface area contributed by atoms with Gasteiger partial charge in [0.15, 0.2) is 11.4 Å². The van der Waals surface area contributed by atoms with Crippen molar-refractivity contribution in [2.24, 2.45) is 12.5 Å². The van der Waals surface area contributed by atoms with E-state index in [1.165, 1.54) is 76.4 Å². The number of hydrogen-bond donors (Lipinski definition) is 0. The van der Waals surface area contributed by atoms with E-state index in [-0.39, 0.29) is 0 Å². The summed E-state index contributed by atoms with van der Waals surface area (Å²) < 4.78 is 8.97. The molecule has 0 saturated heterocycles. The van der Waals surface area contributed by atoms with Crippen molar-refractivity contribution in [1.29, 1.82) is 0 Å². The van der Waals surface area contributed by atoms with Crippen LogP contribution >= 0.6 is 11.3 Å². The predicted octanol–water partition coefficient (Wildman–Crippen LogP) is 7.82. The van der Waals surface area contributed by atoms with Crippen LogP contribution in [0.25, 0.3) is 32.2 Å². The molecule has 32 heavy (non-hydrogen) atoms. The van der Waals surface area contributed by atoms with Gasteiger partial charge in [-0.25, -0.2) is 4.57 Å². The monoisotopic (exact) mass is 443 g/mol. The maximum atomic E-state index is 6.78. The van der Waals surface area contributed by atoms with E-state index < -0.39 is 0 Å². The van der Waals surface area contributed by atoms with Gasteiger partial charge >= 0.3 is 0 Å². The third-order valence-corrected chi connectivity index (χ3v) is 9.69. The zero-order valence-electron chi connectivity index (χ0n) is 19.5. The van der Waals surface area contributed by atoms with Crippen molar-refractivity contribution < 1.29 is 9.30 Å². The Balaban J connectivity index is 1.53. The average molecular weight is 444 g/mol. The van der Waals surface area contributed by atoms with Gasteiger partial charge < -0.3 is 4.74 Å². The summed E-state index contributed by atoms with van der Waals surface area (Å²) in [6, 6.07) is 10.9. The van der Waals surface area contributed by atoms with E-state index in [2.05, 4.69) is 62.7 Å². The molecule has 1 saturated carbocycles. The quantitative estimate of drug-likeness (QED) is 0.266. The average Bonchev–Trinajstić information content (AvgIpc) is 3.20. The van der Waals surface area contributed by atoms with E-state index in [4.69, 9.17) is 9.72 Å². The van der Waals surface area contributed by atoms with Crippen LogP contribution in [0.3, 0.4) is 0 Å². The first kappa shape index (κ1) is 20.2. The van der Waals surface area contributed by atoms with E-state index in [9.17, 15) is 0 Å². The van der Waals surface area contributed by atoms with Crippen LogP contribution in [0.2, 0.25) is 0 Å². The molecule has 2 aromatic heterocycles. The number of ether oxygens (including phenoxy) is 1. The minimum absolute atomic E-state index is 0.545. The third-order valence-electron chi connectivity index (χ3n) is 8.45. The topological polar surface area (TPSA) is 26.0 Å².